The summed E-state index contributed by atoms with van der Waals surface area (Å²) in [7, 11) is 0. The molecule has 2 rings (SSSR count). The second-order valence-electron chi connectivity index (χ2n) is 2.92. The van der Waals surface area contributed by atoms with Crippen molar-refractivity contribution >= 4 is 83.1 Å². The van der Waals surface area contributed by atoms with Crippen LogP contribution in [-0.2, 0) is 3.10 Å². The first-order chi connectivity index (χ1) is 7.50. The number of aliphatic imine (C=N–C) groups is 1. The van der Waals surface area contributed by atoms with Crippen molar-refractivity contribution in [3.8, 4) is 0 Å². The van der Waals surface area contributed by atoms with Gasteiger partial charge in [0.15, 0.2) is 0 Å². The van der Waals surface area contributed by atoms with Crippen molar-refractivity contribution in [3.05, 3.63) is 18.2 Å². The zero-order valence-electron chi connectivity index (χ0n) is 8.04. The predicted molar refractivity (Wildman–Crippen MR) is 72.1 cm³/mol. The Labute approximate surface area is 123 Å². The van der Waals surface area contributed by atoms with E-state index in [9.17, 15) is 0 Å². The summed E-state index contributed by atoms with van der Waals surface area (Å²) in [5.41, 5.74) is 0.863. The molecule has 0 bridgehead atoms. The second kappa shape index (κ2) is 5.14. The number of thioether (sulfide) groups is 1. The van der Waals surface area contributed by atoms with Crippen LogP contribution in [0.4, 0.5) is 5.69 Å². The van der Waals surface area contributed by atoms with E-state index in [0.717, 1.165) is 14.2 Å². The Morgan fingerprint density at radius 2 is 2.12 bits per heavy atom. The fourth-order valence-corrected chi connectivity index (χ4v) is 4.05. The third kappa shape index (κ3) is 2.93. The average Bonchev–Trinajstić information content (AvgIpc) is 2.26. The number of hydrogen-bond acceptors (Lipinski definition) is 3. The maximum absolute atomic E-state index is 5.74. The number of rotatable bonds is 1. The molecule has 0 aromatic heterocycles. The van der Waals surface area contributed by atoms with Gasteiger partial charge in [0.05, 0.1) is 0 Å². The van der Waals surface area contributed by atoms with Crippen LogP contribution in [0.25, 0.3) is 0 Å². The summed E-state index contributed by atoms with van der Waals surface area (Å²) in [6, 6.07) is 6.07. The van der Waals surface area contributed by atoms with Crippen molar-refractivity contribution in [2.24, 2.45) is 4.99 Å². The molecule has 0 fully saturated rings. The van der Waals surface area contributed by atoms with E-state index >= 15 is 0 Å². The van der Waals surface area contributed by atoms with Gasteiger partial charge in [-0.15, -0.1) is 0 Å². The molecular weight excluding hydrogens is 404 g/mol. The van der Waals surface area contributed by atoms with Crippen molar-refractivity contribution in [2.75, 3.05) is 6.26 Å². The fraction of sp³-hybridized carbons (Fsp3) is 0.222. The summed E-state index contributed by atoms with van der Waals surface area (Å²) in [4.78, 5) is 5.38. The van der Waals surface area contributed by atoms with E-state index < -0.39 is 25.1 Å². The monoisotopic (exact) mass is 411 g/mol. The molecule has 1 aromatic rings. The van der Waals surface area contributed by atoms with Crippen molar-refractivity contribution in [1.82, 2.24) is 0 Å². The van der Waals surface area contributed by atoms with Crippen molar-refractivity contribution < 1.29 is 3.10 Å². The molecule has 0 saturated carbocycles. The average molecular weight is 410 g/mol. The molecule has 7 heteroatoms. The molecule has 1 aliphatic heterocycles. The van der Waals surface area contributed by atoms with Gasteiger partial charge >= 0.3 is 124 Å². The third-order valence-corrected chi connectivity index (χ3v) is 5.24. The van der Waals surface area contributed by atoms with Crippen LogP contribution in [0.5, 0.6) is 0 Å². The molecule has 0 atom stereocenters. The first kappa shape index (κ1) is 13.1. The molecule has 0 spiro atoms. The molecule has 1 aromatic carbocycles. The molecule has 1 aliphatic rings. The fourth-order valence-electron chi connectivity index (χ4n) is 1.11. The zero-order chi connectivity index (χ0) is 11.8. The summed E-state index contributed by atoms with van der Waals surface area (Å²) in [6.07, 6.45) is 2.01. The summed E-state index contributed by atoms with van der Waals surface area (Å²) in [6.45, 7) is 0. The predicted octanol–water partition coefficient (Wildman–Crippen LogP) is 3.08. The standard InChI is InChI=1S/C9H6Cl3NOSTe/c1-15-5-2-3-7-6(4-5)13-8(14-16-7)9(10,11)12/h2-4H,1H3. The first-order valence-corrected chi connectivity index (χ1v) is 8.66. The number of fused-ring (bicyclic) bond motifs is 1. The molecule has 1 heterocycles. The molecule has 0 saturated heterocycles. The van der Waals surface area contributed by atoms with Crippen LogP contribution >= 0.6 is 46.6 Å². The number of alkyl halides is 3. The Bertz CT molecular complexity index is 447. The molecule has 0 aliphatic carbocycles. The van der Waals surface area contributed by atoms with E-state index in [1.165, 1.54) is 0 Å². The van der Waals surface area contributed by atoms with Gasteiger partial charge in [0.25, 0.3) is 0 Å². The van der Waals surface area contributed by atoms with Gasteiger partial charge in [0, 0.05) is 0 Å². The quantitative estimate of drug-likeness (QED) is 0.403. The summed E-state index contributed by atoms with van der Waals surface area (Å²) in [5.74, 6) is 0.186. The molecule has 16 heavy (non-hydrogen) atoms. The molecule has 0 amide bonds. The molecule has 86 valence electrons. The van der Waals surface area contributed by atoms with E-state index in [1.807, 2.05) is 24.5 Å². The van der Waals surface area contributed by atoms with Crippen LogP contribution < -0.4 is 3.61 Å². The van der Waals surface area contributed by atoms with Gasteiger partial charge in [-0.2, -0.15) is 0 Å². The van der Waals surface area contributed by atoms with Crippen molar-refractivity contribution in [3.63, 3.8) is 0 Å². The molecule has 0 radical (unpaired) electrons. The Balaban J connectivity index is 2.41. The molecular formula is C9H6Cl3NOSTe. The van der Waals surface area contributed by atoms with E-state index in [1.54, 1.807) is 11.8 Å². The van der Waals surface area contributed by atoms with Gasteiger partial charge in [-0.1, -0.05) is 0 Å². The summed E-state index contributed by atoms with van der Waals surface area (Å²) >= 11 is 18.1. The van der Waals surface area contributed by atoms with E-state index in [4.69, 9.17) is 37.9 Å². The third-order valence-electron chi connectivity index (χ3n) is 1.84. The van der Waals surface area contributed by atoms with Crippen LogP contribution in [-0.4, -0.2) is 37.3 Å². The molecule has 0 unspecified atom stereocenters. The van der Waals surface area contributed by atoms with E-state index in [0.29, 0.717) is 0 Å². The number of hydrogen-bond donors (Lipinski definition) is 0. The van der Waals surface area contributed by atoms with Gasteiger partial charge < -0.3 is 0 Å². The minimum atomic E-state index is -1.57. The Kier molecular flexibility index (Phi) is 4.22. The maximum atomic E-state index is 5.74. The summed E-state index contributed by atoms with van der Waals surface area (Å²) < 4.78 is 4.97. The van der Waals surface area contributed by atoms with Crippen LogP contribution in [0.3, 0.4) is 0 Å². The Morgan fingerprint density at radius 3 is 2.75 bits per heavy atom. The van der Waals surface area contributed by atoms with Crippen molar-refractivity contribution in [2.45, 2.75) is 8.69 Å². The van der Waals surface area contributed by atoms with Crippen LogP contribution in [0.15, 0.2) is 28.1 Å². The topological polar surface area (TPSA) is 21.6 Å². The second-order valence-corrected chi connectivity index (χ2v) is 8.28. The minimum absolute atomic E-state index is 0.186. The Hall–Kier alpha value is 0.700. The normalized spacial score (nSPS) is 15.1. The zero-order valence-corrected chi connectivity index (χ0v) is 13.5. The van der Waals surface area contributed by atoms with E-state index in [-0.39, 0.29) is 5.90 Å². The molecule has 0 N–H and O–H groups in total. The van der Waals surface area contributed by atoms with Gasteiger partial charge in [-0.05, 0) is 0 Å². The Morgan fingerprint density at radius 1 is 1.38 bits per heavy atom. The first-order valence-electron chi connectivity index (χ1n) is 4.19. The SMILES string of the molecule is CSc1ccc2c(c1)N=C(C(Cl)(Cl)Cl)O[Te]2. The van der Waals surface area contributed by atoms with Crippen LogP contribution in [0.2, 0.25) is 0 Å². The van der Waals surface area contributed by atoms with Gasteiger partial charge in [-0.3, -0.25) is 0 Å². The summed E-state index contributed by atoms with van der Waals surface area (Å²) in [5, 5.41) is 0. The van der Waals surface area contributed by atoms with Gasteiger partial charge in [-0.25, -0.2) is 0 Å². The van der Waals surface area contributed by atoms with Crippen molar-refractivity contribution in [1.29, 1.82) is 0 Å². The number of halogens is 3. The van der Waals surface area contributed by atoms with Crippen LogP contribution in [0, 0.1) is 0 Å². The molecule has 2 nitrogen and oxygen atoms in total. The van der Waals surface area contributed by atoms with Gasteiger partial charge in [0.2, 0.25) is 0 Å². The van der Waals surface area contributed by atoms with E-state index in [2.05, 4.69) is 4.99 Å². The van der Waals surface area contributed by atoms with Crippen LogP contribution in [0.1, 0.15) is 0 Å². The van der Waals surface area contributed by atoms with Gasteiger partial charge in [0.1, 0.15) is 0 Å². The number of benzene rings is 1. The number of nitrogens with zero attached hydrogens (tertiary/aromatic N) is 1.